The second-order valence-electron chi connectivity index (χ2n) is 14.2. The molecule has 54 heavy (non-hydrogen) atoms. The summed E-state index contributed by atoms with van der Waals surface area (Å²) in [5, 5.41) is 0. The van der Waals surface area contributed by atoms with Crippen LogP contribution in [0.1, 0.15) is 37.9 Å². The maximum atomic E-state index is 14.3. The van der Waals surface area contributed by atoms with Gasteiger partial charge in [0, 0.05) is 86.0 Å². The number of carbonyl (C=O) groups is 2. The summed E-state index contributed by atoms with van der Waals surface area (Å²) in [6.07, 6.45) is 4.25. The van der Waals surface area contributed by atoms with Crippen LogP contribution in [0.3, 0.4) is 0 Å². The van der Waals surface area contributed by atoms with Crippen molar-refractivity contribution in [3.8, 4) is 0 Å². The fourth-order valence-electron chi connectivity index (χ4n) is 8.27. The van der Waals surface area contributed by atoms with Crippen molar-refractivity contribution in [3.63, 3.8) is 0 Å². The lowest BCUT2D eigenvalue weighted by Crippen LogP contribution is -2.53. The highest BCUT2D eigenvalue weighted by Crippen LogP contribution is 2.44. The van der Waals surface area contributed by atoms with Gasteiger partial charge in [-0.05, 0) is 72.8 Å². The molecule has 0 spiro atoms. The van der Waals surface area contributed by atoms with Gasteiger partial charge in [-0.1, -0.05) is 36.4 Å². The number of hydrogen-bond donors (Lipinski definition) is 0. The molecule has 5 aromatic rings. The fourth-order valence-corrected chi connectivity index (χ4v) is 8.27. The smallest absolute Gasteiger partial charge is 0.258 e. The van der Waals surface area contributed by atoms with Gasteiger partial charge in [-0.3, -0.25) is 19.4 Å². The van der Waals surface area contributed by atoms with Crippen LogP contribution >= 0.6 is 0 Å². The number of aromatic nitrogens is 1. The molecule has 0 unspecified atom stereocenters. The molecule has 10 heteroatoms. The zero-order valence-electron chi connectivity index (χ0n) is 30.4. The predicted octanol–water partition coefficient (Wildman–Crippen LogP) is 5.41. The van der Waals surface area contributed by atoms with Crippen LogP contribution in [0.5, 0.6) is 0 Å². The molecule has 4 aliphatic rings. The molecule has 0 aliphatic carbocycles. The van der Waals surface area contributed by atoms with Crippen LogP contribution in [0.4, 0.5) is 28.4 Å². The summed E-state index contributed by atoms with van der Waals surface area (Å²) in [6, 6.07) is 36.4. The van der Waals surface area contributed by atoms with Crippen molar-refractivity contribution in [3.05, 3.63) is 144 Å². The lowest BCUT2D eigenvalue weighted by Gasteiger charge is -2.43. The number of pyridine rings is 1. The number of nitrogens with zero attached hydrogens (tertiary/aromatic N) is 6. The van der Waals surface area contributed by atoms with Crippen molar-refractivity contribution < 1.29 is 23.6 Å². The van der Waals surface area contributed by atoms with Crippen LogP contribution in [-0.4, -0.2) is 90.6 Å². The Kier molecular flexibility index (Phi) is 9.44. The Morgan fingerprint density at radius 1 is 0.481 bits per heavy atom. The van der Waals surface area contributed by atoms with Crippen molar-refractivity contribution in [1.82, 2.24) is 0 Å². The summed E-state index contributed by atoms with van der Waals surface area (Å²) in [6.45, 7) is 8.81. The topological polar surface area (TPSA) is 72.7 Å². The van der Waals surface area contributed by atoms with Gasteiger partial charge in [-0.25, -0.2) is 0 Å². The molecule has 4 aromatic carbocycles. The summed E-state index contributed by atoms with van der Waals surface area (Å²) in [5.74, 6) is -0.106. The Morgan fingerprint density at radius 3 is 1.30 bits per heavy atom. The van der Waals surface area contributed by atoms with Gasteiger partial charge in [-0.15, -0.1) is 0 Å². The monoisotopic (exact) mass is 721 g/mol. The Hall–Kier alpha value is -5.71. The van der Waals surface area contributed by atoms with Crippen LogP contribution in [-0.2, 0) is 9.47 Å². The molecular weight excluding hydrogens is 677 g/mol. The molecule has 0 radical (unpaired) electrons. The SMILES string of the molecule is O=C(c1ccccc1)N1CCN2CCN(C(=O)c3ccccc3)c3c[n+](C(c4ccc(N5CCOCC5)cc4)c4ccc(N5CCOCC5)cc4)cc1c32. The molecular formula is C44H45N6O4+. The number of rotatable bonds is 7. The number of carbonyl (C=O) groups excluding carboxylic acids is 2. The molecule has 10 nitrogen and oxygen atoms in total. The van der Waals surface area contributed by atoms with E-state index in [1.807, 2.05) is 70.5 Å². The van der Waals surface area contributed by atoms with Crippen molar-refractivity contribution in [2.45, 2.75) is 6.04 Å². The second-order valence-corrected chi connectivity index (χ2v) is 14.2. The van der Waals surface area contributed by atoms with E-state index in [1.165, 1.54) is 11.4 Å². The zero-order chi connectivity index (χ0) is 36.4. The maximum absolute atomic E-state index is 14.3. The Labute approximate surface area is 316 Å². The molecule has 0 N–H and O–H groups in total. The van der Waals surface area contributed by atoms with Gasteiger partial charge in [0.05, 0.1) is 32.1 Å². The van der Waals surface area contributed by atoms with E-state index in [9.17, 15) is 9.59 Å². The highest BCUT2D eigenvalue weighted by molar-refractivity contribution is 6.13. The Bertz CT molecular complexity index is 1950. The average molecular weight is 722 g/mol. The molecule has 2 amide bonds. The fraction of sp³-hybridized carbons (Fsp3) is 0.295. The van der Waals surface area contributed by atoms with E-state index in [0.717, 1.165) is 80.8 Å². The van der Waals surface area contributed by atoms with Gasteiger partial charge in [0.25, 0.3) is 11.8 Å². The van der Waals surface area contributed by atoms with E-state index in [0.29, 0.717) is 37.3 Å². The molecule has 0 bridgehead atoms. The first-order valence-corrected chi connectivity index (χ1v) is 19.1. The minimum absolute atomic E-state index is 0.0528. The highest BCUT2D eigenvalue weighted by atomic mass is 16.5. The largest absolute Gasteiger partial charge is 0.378 e. The third-order valence-corrected chi connectivity index (χ3v) is 11.1. The number of ether oxygens (including phenoxy) is 2. The standard InChI is InChI=1S/C44H45N6O4/c51-43(35-7-3-1-4-8-35)49-21-19-47-20-22-50(44(52)36-9-5-2-6-10-36)40-32-48(31-39(49)42(40)47)41(33-11-15-37(16-12-33)45-23-27-53-28-24-45)34-13-17-38(18-14-34)46-25-29-54-30-26-46/h1-18,31-32,41H,19-30H2/q+1. The molecule has 0 atom stereocenters. The lowest BCUT2D eigenvalue weighted by molar-refractivity contribution is -0.703. The van der Waals surface area contributed by atoms with Gasteiger partial charge >= 0.3 is 0 Å². The first-order valence-electron chi connectivity index (χ1n) is 19.1. The third-order valence-electron chi connectivity index (χ3n) is 11.1. The molecule has 2 fully saturated rings. The van der Waals surface area contributed by atoms with Crippen LogP contribution in [0, 0.1) is 0 Å². The third kappa shape index (κ3) is 6.56. The van der Waals surface area contributed by atoms with Crippen LogP contribution < -0.4 is 29.1 Å². The van der Waals surface area contributed by atoms with E-state index in [2.05, 4.69) is 80.2 Å². The number of hydrogen-bond acceptors (Lipinski definition) is 7. The second kappa shape index (κ2) is 15.0. The number of anilines is 5. The lowest BCUT2D eigenvalue weighted by atomic mass is 9.96. The zero-order valence-corrected chi connectivity index (χ0v) is 30.4. The number of benzene rings is 4. The predicted molar refractivity (Wildman–Crippen MR) is 211 cm³/mol. The first kappa shape index (κ1) is 34.1. The van der Waals surface area contributed by atoms with Gasteiger partial charge < -0.3 is 24.2 Å². The Balaban J connectivity index is 1.20. The number of amides is 2. The molecule has 4 aliphatic heterocycles. The molecule has 9 rings (SSSR count). The van der Waals surface area contributed by atoms with Crippen molar-refractivity contribution in [1.29, 1.82) is 0 Å². The molecule has 1 aromatic heterocycles. The maximum Gasteiger partial charge on any atom is 0.258 e. The van der Waals surface area contributed by atoms with E-state index in [4.69, 9.17) is 9.47 Å². The van der Waals surface area contributed by atoms with Gasteiger partial charge in [-0.2, -0.15) is 4.57 Å². The number of morpholine rings is 2. The minimum atomic E-state index is -0.247. The van der Waals surface area contributed by atoms with Crippen LogP contribution in [0.2, 0.25) is 0 Å². The summed E-state index contributed by atoms with van der Waals surface area (Å²) in [5.41, 5.74) is 8.35. The van der Waals surface area contributed by atoms with E-state index < -0.39 is 0 Å². The highest BCUT2D eigenvalue weighted by Gasteiger charge is 2.40. The van der Waals surface area contributed by atoms with E-state index in [1.54, 1.807) is 0 Å². The van der Waals surface area contributed by atoms with Crippen LogP contribution in [0.25, 0.3) is 0 Å². The van der Waals surface area contributed by atoms with Crippen molar-refractivity contribution in [2.75, 3.05) is 103 Å². The summed E-state index contributed by atoms with van der Waals surface area (Å²) in [7, 11) is 0. The van der Waals surface area contributed by atoms with Gasteiger partial charge in [0.15, 0.2) is 12.4 Å². The minimum Gasteiger partial charge on any atom is -0.378 e. The Morgan fingerprint density at radius 2 is 0.889 bits per heavy atom. The summed E-state index contributed by atoms with van der Waals surface area (Å²) >= 11 is 0. The molecule has 274 valence electrons. The molecule has 0 saturated carbocycles. The molecule has 2 saturated heterocycles. The van der Waals surface area contributed by atoms with Gasteiger partial charge in [0.1, 0.15) is 11.4 Å². The first-order chi connectivity index (χ1) is 26.6. The summed E-state index contributed by atoms with van der Waals surface area (Å²) in [4.78, 5) is 39.5. The van der Waals surface area contributed by atoms with Crippen molar-refractivity contribution >= 4 is 40.3 Å². The van der Waals surface area contributed by atoms with E-state index in [-0.39, 0.29) is 17.9 Å². The molecule has 5 heterocycles. The van der Waals surface area contributed by atoms with Gasteiger partial charge in [0.2, 0.25) is 6.04 Å². The quantitative estimate of drug-likeness (QED) is 0.208. The van der Waals surface area contributed by atoms with Crippen LogP contribution in [0.15, 0.2) is 122 Å². The van der Waals surface area contributed by atoms with Crippen molar-refractivity contribution in [2.24, 2.45) is 0 Å². The summed E-state index contributed by atoms with van der Waals surface area (Å²) < 4.78 is 13.5. The average Bonchev–Trinajstić information content (AvgIpc) is 3.25. The van der Waals surface area contributed by atoms with E-state index >= 15 is 0 Å². The normalized spacial score (nSPS) is 17.1.